The molecule has 0 spiro atoms. The molecule has 0 aromatic carbocycles. The minimum Gasteiger partial charge on any atom is -0.316 e. The van der Waals surface area contributed by atoms with Crippen molar-refractivity contribution in [2.75, 3.05) is 13.1 Å². The monoisotopic (exact) mass is 169 g/mol. The van der Waals surface area contributed by atoms with E-state index in [2.05, 4.69) is 45.7 Å². The Balaban J connectivity index is 3.66. The largest absolute Gasteiger partial charge is 0.316 e. The van der Waals surface area contributed by atoms with E-state index >= 15 is 0 Å². The number of nitrogens with one attached hydrogen (secondary N) is 1. The van der Waals surface area contributed by atoms with Crippen LogP contribution in [-0.4, -0.2) is 13.1 Å². The zero-order valence-electron chi connectivity index (χ0n) is 8.98. The lowest BCUT2D eigenvalue weighted by atomic mass is 9.88. The van der Waals surface area contributed by atoms with Crippen LogP contribution in [0.4, 0.5) is 0 Å². The molecule has 0 bridgehead atoms. The van der Waals surface area contributed by atoms with Crippen molar-refractivity contribution in [3.63, 3.8) is 0 Å². The van der Waals surface area contributed by atoms with Gasteiger partial charge in [0.25, 0.3) is 0 Å². The molecule has 0 aliphatic carbocycles. The van der Waals surface area contributed by atoms with Crippen molar-refractivity contribution < 1.29 is 0 Å². The Morgan fingerprint density at radius 1 is 1.50 bits per heavy atom. The first-order valence-corrected chi connectivity index (χ1v) is 4.88. The molecule has 1 heteroatoms. The average molecular weight is 169 g/mol. The minimum atomic E-state index is 0.273. The molecule has 0 heterocycles. The van der Waals surface area contributed by atoms with Crippen molar-refractivity contribution in [1.29, 1.82) is 0 Å². The van der Waals surface area contributed by atoms with Crippen molar-refractivity contribution in [2.24, 2.45) is 11.3 Å². The fourth-order valence-corrected chi connectivity index (χ4v) is 0.988. The van der Waals surface area contributed by atoms with Gasteiger partial charge in [-0.2, -0.15) is 0 Å². The Hall–Kier alpha value is -0.300. The summed E-state index contributed by atoms with van der Waals surface area (Å²) in [6, 6.07) is 0. The third-order valence-electron chi connectivity index (χ3n) is 2.38. The molecule has 0 saturated carbocycles. The van der Waals surface area contributed by atoms with Crippen LogP contribution in [0.25, 0.3) is 0 Å². The van der Waals surface area contributed by atoms with Gasteiger partial charge in [0.05, 0.1) is 0 Å². The lowest BCUT2D eigenvalue weighted by Crippen LogP contribution is -2.31. The molecule has 72 valence electrons. The minimum absolute atomic E-state index is 0.273. The van der Waals surface area contributed by atoms with Crippen molar-refractivity contribution >= 4 is 0 Å². The lowest BCUT2D eigenvalue weighted by molar-refractivity contribution is 0.368. The number of hydrogen-bond donors (Lipinski definition) is 1. The van der Waals surface area contributed by atoms with E-state index in [4.69, 9.17) is 0 Å². The first-order chi connectivity index (χ1) is 5.54. The van der Waals surface area contributed by atoms with Crippen LogP contribution < -0.4 is 5.32 Å². The van der Waals surface area contributed by atoms with Crippen LogP contribution in [0.3, 0.4) is 0 Å². The molecular weight excluding hydrogens is 146 g/mol. The summed E-state index contributed by atoms with van der Waals surface area (Å²) < 4.78 is 0. The van der Waals surface area contributed by atoms with Gasteiger partial charge in [-0.05, 0) is 24.3 Å². The average Bonchev–Trinajstić information content (AvgIpc) is 2.03. The predicted octanol–water partition coefficient (Wildman–Crippen LogP) is 2.83. The third-order valence-corrected chi connectivity index (χ3v) is 2.38. The van der Waals surface area contributed by atoms with E-state index in [9.17, 15) is 0 Å². The van der Waals surface area contributed by atoms with E-state index in [0.717, 1.165) is 25.4 Å². The summed E-state index contributed by atoms with van der Waals surface area (Å²) in [4.78, 5) is 0. The molecule has 12 heavy (non-hydrogen) atoms. The second kappa shape index (κ2) is 5.36. The molecule has 0 amide bonds. The van der Waals surface area contributed by atoms with Crippen molar-refractivity contribution in [1.82, 2.24) is 5.32 Å². The first-order valence-electron chi connectivity index (χ1n) is 4.88. The normalized spacial score (nSPS) is 16.1. The second-order valence-electron chi connectivity index (χ2n) is 4.24. The maximum absolute atomic E-state index is 3.86. The SMILES string of the molecule is C=CC(C)(CC)CNCC(C)C. The maximum Gasteiger partial charge on any atom is 0.00398 e. The van der Waals surface area contributed by atoms with E-state index in [1.54, 1.807) is 0 Å². The third kappa shape index (κ3) is 4.55. The molecule has 1 unspecified atom stereocenters. The Labute approximate surface area is 77.2 Å². The van der Waals surface area contributed by atoms with Crippen LogP contribution in [0.15, 0.2) is 12.7 Å². The lowest BCUT2D eigenvalue weighted by Gasteiger charge is -2.24. The molecule has 1 nitrogen and oxygen atoms in total. The highest BCUT2D eigenvalue weighted by atomic mass is 14.9. The standard InChI is InChI=1S/C11H23N/c1-6-11(5,7-2)9-12-8-10(3)4/h6,10,12H,1,7-9H2,2-5H3. The Morgan fingerprint density at radius 3 is 2.42 bits per heavy atom. The summed E-state index contributed by atoms with van der Waals surface area (Å²) in [5.41, 5.74) is 0.273. The molecule has 0 fully saturated rings. The van der Waals surface area contributed by atoms with Crippen molar-refractivity contribution in [3.8, 4) is 0 Å². The Morgan fingerprint density at radius 2 is 2.08 bits per heavy atom. The van der Waals surface area contributed by atoms with Gasteiger partial charge in [-0.25, -0.2) is 0 Å². The van der Waals surface area contributed by atoms with E-state index in [-0.39, 0.29) is 5.41 Å². The van der Waals surface area contributed by atoms with Crippen molar-refractivity contribution in [2.45, 2.75) is 34.1 Å². The van der Waals surface area contributed by atoms with E-state index in [1.165, 1.54) is 0 Å². The van der Waals surface area contributed by atoms with E-state index < -0.39 is 0 Å². The molecule has 0 radical (unpaired) electrons. The molecule has 0 saturated heterocycles. The zero-order valence-corrected chi connectivity index (χ0v) is 8.98. The highest BCUT2D eigenvalue weighted by Crippen LogP contribution is 2.20. The van der Waals surface area contributed by atoms with Crippen LogP contribution in [0.1, 0.15) is 34.1 Å². The summed E-state index contributed by atoms with van der Waals surface area (Å²) in [7, 11) is 0. The summed E-state index contributed by atoms with van der Waals surface area (Å²) >= 11 is 0. The topological polar surface area (TPSA) is 12.0 Å². The van der Waals surface area contributed by atoms with Gasteiger partial charge in [-0.15, -0.1) is 6.58 Å². The molecule has 1 atom stereocenters. The van der Waals surface area contributed by atoms with Gasteiger partial charge < -0.3 is 5.32 Å². The molecule has 0 aromatic rings. The van der Waals surface area contributed by atoms with Crippen LogP contribution in [0, 0.1) is 11.3 Å². The van der Waals surface area contributed by atoms with Gasteiger partial charge in [-0.1, -0.05) is 33.8 Å². The van der Waals surface area contributed by atoms with Gasteiger partial charge in [0.1, 0.15) is 0 Å². The zero-order chi connectivity index (χ0) is 9.61. The smallest absolute Gasteiger partial charge is 0.00398 e. The molecule has 1 N–H and O–H groups in total. The summed E-state index contributed by atoms with van der Waals surface area (Å²) in [5, 5.41) is 3.46. The Bertz CT molecular complexity index is 129. The predicted molar refractivity (Wildman–Crippen MR) is 56.3 cm³/mol. The van der Waals surface area contributed by atoms with Gasteiger partial charge in [0, 0.05) is 6.54 Å². The second-order valence-corrected chi connectivity index (χ2v) is 4.24. The highest BCUT2D eigenvalue weighted by Gasteiger charge is 2.16. The maximum atomic E-state index is 3.86. The fraction of sp³-hybridized carbons (Fsp3) is 0.818. The van der Waals surface area contributed by atoms with E-state index in [1.807, 2.05) is 0 Å². The number of rotatable bonds is 6. The van der Waals surface area contributed by atoms with Gasteiger partial charge >= 0.3 is 0 Å². The molecule has 0 aromatic heterocycles. The van der Waals surface area contributed by atoms with Crippen LogP contribution in [-0.2, 0) is 0 Å². The highest BCUT2D eigenvalue weighted by molar-refractivity contribution is 4.91. The Kier molecular flexibility index (Phi) is 5.23. The summed E-state index contributed by atoms with van der Waals surface area (Å²) in [6.45, 7) is 14.9. The molecule has 0 aliphatic heterocycles. The fourth-order valence-electron chi connectivity index (χ4n) is 0.988. The molecule has 0 aliphatic rings. The summed E-state index contributed by atoms with van der Waals surface area (Å²) in [5.74, 6) is 0.732. The molecular formula is C11H23N. The molecule has 0 rings (SSSR count). The van der Waals surface area contributed by atoms with Gasteiger partial charge in [0.15, 0.2) is 0 Å². The van der Waals surface area contributed by atoms with Crippen molar-refractivity contribution in [3.05, 3.63) is 12.7 Å². The van der Waals surface area contributed by atoms with Crippen LogP contribution in [0.5, 0.6) is 0 Å². The quantitative estimate of drug-likeness (QED) is 0.603. The van der Waals surface area contributed by atoms with Crippen LogP contribution in [0.2, 0.25) is 0 Å². The van der Waals surface area contributed by atoms with Gasteiger partial charge in [-0.3, -0.25) is 0 Å². The van der Waals surface area contributed by atoms with Crippen LogP contribution >= 0.6 is 0 Å². The number of hydrogen-bond acceptors (Lipinski definition) is 1. The van der Waals surface area contributed by atoms with E-state index in [0.29, 0.717) is 0 Å². The van der Waals surface area contributed by atoms with Gasteiger partial charge in [0.2, 0.25) is 0 Å². The first kappa shape index (κ1) is 11.7. The summed E-state index contributed by atoms with van der Waals surface area (Å²) in [6.07, 6.45) is 3.21.